The van der Waals surface area contributed by atoms with Gasteiger partial charge in [-0.05, 0) is 43.3 Å². The molecule has 0 amide bonds. The van der Waals surface area contributed by atoms with Crippen molar-refractivity contribution in [2.45, 2.75) is 19.4 Å². The maximum atomic E-state index is 6.35. The molecule has 170 valence electrons. The van der Waals surface area contributed by atoms with Crippen molar-refractivity contribution in [3.05, 3.63) is 79.1 Å². The number of aryl methyl sites for hydroxylation is 1. The number of imidazole rings is 1. The molecule has 0 unspecified atom stereocenters. The van der Waals surface area contributed by atoms with Crippen molar-refractivity contribution in [3.8, 4) is 11.4 Å². The molecule has 5 aromatic rings. The lowest BCUT2D eigenvalue weighted by Gasteiger charge is -2.22. The minimum atomic E-state index is 0.343. The molecule has 0 atom stereocenters. The number of unbranched alkanes of at least 4 members (excludes halogenated alkanes) is 1. The molecule has 34 heavy (non-hydrogen) atoms. The van der Waals surface area contributed by atoms with Crippen molar-refractivity contribution in [2.24, 2.45) is 5.73 Å². The molecule has 3 aromatic heterocycles. The first kappa shape index (κ1) is 21.8. The predicted octanol–water partition coefficient (Wildman–Crippen LogP) is 4.76. The predicted molar refractivity (Wildman–Crippen MR) is 142 cm³/mol. The molecule has 2 aromatic carbocycles. The molecule has 3 heterocycles. The van der Waals surface area contributed by atoms with Crippen LogP contribution in [0.4, 0.5) is 11.5 Å². The van der Waals surface area contributed by atoms with Gasteiger partial charge in [-0.3, -0.25) is 4.98 Å². The van der Waals surface area contributed by atoms with Gasteiger partial charge in [0.05, 0.1) is 22.9 Å². The van der Waals surface area contributed by atoms with Gasteiger partial charge in [-0.2, -0.15) is 0 Å². The van der Waals surface area contributed by atoms with Gasteiger partial charge in [0.1, 0.15) is 11.3 Å². The standard InChI is InChI=1S/C26H25N7S/c27-24-22-23(20-12-4-5-13-21(20)30-24)33(25(31-22)18-9-2-1-3-10-18)16-7-6-15-32(26(28)34)19-11-8-14-29-17-19/h1-5,8-14,17H,6-7,15-16H2,(H2,27,30)(H2,28,34). The van der Waals surface area contributed by atoms with Crippen molar-refractivity contribution in [1.82, 2.24) is 19.5 Å². The summed E-state index contributed by atoms with van der Waals surface area (Å²) < 4.78 is 2.26. The van der Waals surface area contributed by atoms with Crippen LogP contribution in [0.2, 0.25) is 0 Å². The highest BCUT2D eigenvalue weighted by molar-refractivity contribution is 7.80. The van der Waals surface area contributed by atoms with Crippen LogP contribution in [0.5, 0.6) is 0 Å². The summed E-state index contributed by atoms with van der Waals surface area (Å²) in [6.45, 7) is 1.48. The van der Waals surface area contributed by atoms with Crippen molar-refractivity contribution < 1.29 is 0 Å². The second-order valence-corrected chi connectivity index (χ2v) is 8.49. The molecule has 0 aliphatic carbocycles. The Morgan fingerprint density at radius 3 is 2.50 bits per heavy atom. The Morgan fingerprint density at radius 2 is 1.74 bits per heavy atom. The zero-order chi connectivity index (χ0) is 23.5. The van der Waals surface area contributed by atoms with Crippen LogP contribution in [0.15, 0.2) is 79.1 Å². The van der Waals surface area contributed by atoms with Crippen LogP contribution >= 0.6 is 12.2 Å². The molecule has 4 N–H and O–H groups in total. The number of hydrogen-bond donors (Lipinski definition) is 2. The van der Waals surface area contributed by atoms with Crippen molar-refractivity contribution in [3.63, 3.8) is 0 Å². The highest BCUT2D eigenvalue weighted by atomic mass is 32.1. The Labute approximate surface area is 203 Å². The number of nitrogen functional groups attached to an aromatic ring is 1. The lowest BCUT2D eigenvalue weighted by Crippen LogP contribution is -2.36. The minimum Gasteiger partial charge on any atom is -0.382 e. The lowest BCUT2D eigenvalue weighted by atomic mass is 10.1. The van der Waals surface area contributed by atoms with E-state index in [-0.39, 0.29) is 0 Å². The molecule has 0 saturated heterocycles. The number of nitrogens with two attached hydrogens (primary N) is 2. The number of anilines is 2. The molecule has 8 heteroatoms. The van der Waals surface area contributed by atoms with Gasteiger partial charge < -0.3 is 20.9 Å². The van der Waals surface area contributed by atoms with Gasteiger partial charge in [-0.1, -0.05) is 48.5 Å². The number of pyridine rings is 2. The second kappa shape index (κ2) is 9.44. The van der Waals surface area contributed by atoms with E-state index in [1.54, 1.807) is 12.4 Å². The number of aromatic nitrogens is 4. The molecular weight excluding hydrogens is 442 g/mol. The highest BCUT2D eigenvalue weighted by Gasteiger charge is 2.18. The van der Waals surface area contributed by atoms with Crippen molar-refractivity contribution in [2.75, 3.05) is 17.2 Å². The summed E-state index contributed by atoms with van der Waals surface area (Å²) in [5.41, 5.74) is 16.9. The third kappa shape index (κ3) is 4.15. The average molecular weight is 468 g/mol. The Morgan fingerprint density at radius 1 is 0.941 bits per heavy atom. The molecule has 0 spiro atoms. The van der Waals surface area contributed by atoms with E-state index < -0.39 is 0 Å². The van der Waals surface area contributed by atoms with E-state index >= 15 is 0 Å². The summed E-state index contributed by atoms with van der Waals surface area (Å²) >= 11 is 5.28. The third-order valence-corrected chi connectivity index (χ3v) is 6.10. The topological polar surface area (TPSA) is 98.9 Å². The van der Waals surface area contributed by atoms with Crippen LogP contribution in [0.1, 0.15) is 12.8 Å². The van der Waals surface area contributed by atoms with Gasteiger partial charge >= 0.3 is 0 Å². The zero-order valence-corrected chi connectivity index (χ0v) is 19.4. The molecule has 5 rings (SSSR count). The number of rotatable bonds is 7. The van der Waals surface area contributed by atoms with Gasteiger partial charge in [0.2, 0.25) is 0 Å². The number of nitrogens with zero attached hydrogens (tertiary/aromatic N) is 5. The number of thiocarbonyl (C=S) groups is 1. The summed E-state index contributed by atoms with van der Waals surface area (Å²) in [5.74, 6) is 1.33. The van der Waals surface area contributed by atoms with Gasteiger partial charge in [0, 0.05) is 30.2 Å². The maximum Gasteiger partial charge on any atom is 0.170 e. The van der Waals surface area contributed by atoms with E-state index in [1.807, 2.05) is 53.4 Å². The van der Waals surface area contributed by atoms with Gasteiger partial charge in [-0.15, -0.1) is 0 Å². The molecule has 0 radical (unpaired) electrons. The fourth-order valence-corrected chi connectivity index (χ4v) is 4.50. The quantitative estimate of drug-likeness (QED) is 0.263. The first-order chi connectivity index (χ1) is 16.6. The van der Waals surface area contributed by atoms with E-state index in [0.717, 1.165) is 58.4 Å². The van der Waals surface area contributed by atoms with E-state index in [0.29, 0.717) is 17.5 Å². The minimum absolute atomic E-state index is 0.343. The summed E-state index contributed by atoms with van der Waals surface area (Å²) in [5, 5.41) is 1.39. The Hall–Kier alpha value is -4.04. The molecular formula is C26H25N7S. The molecule has 0 aliphatic rings. The van der Waals surface area contributed by atoms with Gasteiger partial charge in [-0.25, -0.2) is 9.97 Å². The first-order valence-electron chi connectivity index (χ1n) is 11.2. The number of fused-ring (bicyclic) bond motifs is 3. The Balaban J connectivity index is 1.49. The highest BCUT2D eigenvalue weighted by Crippen LogP contribution is 2.32. The van der Waals surface area contributed by atoms with E-state index in [1.165, 1.54) is 0 Å². The van der Waals surface area contributed by atoms with Crippen LogP contribution in [0.3, 0.4) is 0 Å². The van der Waals surface area contributed by atoms with E-state index in [9.17, 15) is 0 Å². The molecule has 7 nitrogen and oxygen atoms in total. The Bertz CT molecular complexity index is 1450. The lowest BCUT2D eigenvalue weighted by molar-refractivity contribution is 0.630. The fraction of sp³-hybridized carbons (Fsp3) is 0.154. The SMILES string of the molecule is NC(=S)N(CCCCn1c(-c2ccccc2)nc2c(N)nc3ccccc3c21)c1cccnc1. The zero-order valence-electron chi connectivity index (χ0n) is 18.6. The number of para-hydroxylation sites is 1. The smallest absolute Gasteiger partial charge is 0.170 e. The third-order valence-electron chi connectivity index (χ3n) is 5.88. The van der Waals surface area contributed by atoms with Crippen LogP contribution in [-0.4, -0.2) is 31.2 Å². The Kier molecular flexibility index (Phi) is 6.05. The maximum absolute atomic E-state index is 6.35. The summed E-state index contributed by atoms with van der Waals surface area (Å²) in [4.78, 5) is 15.6. The fourth-order valence-electron chi connectivity index (χ4n) is 4.30. The van der Waals surface area contributed by atoms with E-state index in [4.69, 9.17) is 28.7 Å². The largest absolute Gasteiger partial charge is 0.382 e. The van der Waals surface area contributed by atoms with Gasteiger partial charge in [0.25, 0.3) is 0 Å². The first-order valence-corrected chi connectivity index (χ1v) is 11.6. The van der Waals surface area contributed by atoms with Crippen LogP contribution in [0.25, 0.3) is 33.3 Å². The molecule has 0 bridgehead atoms. The summed E-state index contributed by atoms with van der Waals surface area (Å²) in [6.07, 6.45) is 5.30. The van der Waals surface area contributed by atoms with Crippen molar-refractivity contribution in [1.29, 1.82) is 0 Å². The van der Waals surface area contributed by atoms with Crippen LogP contribution in [-0.2, 0) is 6.54 Å². The average Bonchev–Trinajstić information content (AvgIpc) is 3.25. The molecule has 0 aliphatic heterocycles. The van der Waals surface area contributed by atoms with E-state index in [2.05, 4.69) is 32.7 Å². The van der Waals surface area contributed by atoms with Gasteiger partial charge in [0.15, 0.2) is 10.9 Å². The summed E-state index contributed by atoms with van der Waals surface area (Å²) in [6, 6.07) is 22.1. The molecule has 0 saturated carbocycles. The normalized spacial score (nSPS) is 11.2. The monoisotopic (exact) mass is 467 g/mol. The van der Waals surface area contributed by atoms with Crippen LogP contribution < -0.4 is 16.4 Å². The van der Waals surface area contributed by atoms with Crippen LogP contribution in [0, 0.1) is 0 Å². The molecule has 0 fully saturated rings. The second-order valence-electron chi connectivity index (χ2n) is 8.07. The number of hydrogen-bond acceptors (Lipinski definition) is 5. The summed E-state index contributed by atoms with van der Waals surface area (Å²) in [7, 11) is 0. The van der Waals surface area contributed by atoms with Crippen molar-refractivity contribution >= 4 is 50.8 Å². The number of benzene rings is 2.